The van der Waals surface area contributed by atoms with Gasteiger partial charge in [0.25, 0.3) is 0 Å². The van der Waals surface area contributed by atoms with Crippen molar-refractivity contribution in [2.45, 2.75) is 19.8 Å². The molecule has 7 heteroatoms. The predicted octanol–water partition coefficient (Wildman–Crippen LogP) is 2.45. The number of benzene rings is 1. The summed E-state index contributed by atoms with van der Waals surface area (Å²) < 4.78 is 5.39. The van der Waals surface area contributed by atoms with Gasteiger partial charge in [0.15, 0.2) is 0 Å². The minimum Gasteiger partial charge on any atom is -0.493 e. The normalized spacial score (nSPS) is 17.2. The highest BCUT2D eigenvalue weighted by molar-refractivity contribution is 5.92. The zero-order valence-corrected chi connectivity index (χ0v) is 14.8. The molecule has 0 unspecified atom stereocenters. The second kappa shape index (κ2) is 8.14. The maximum atomic E-state index is 11.5. The van der Waals surface area contributed by atoms with Crippen LogP contribution in [0.25, 0.3) is 11.3 Å². The van der Waals surface area contributed by atoms with E-state index in [1.165, 1.54) is 0 Å². The van der Waals surface area contributed by atoms with Crippen molar-refractivity contribution in [1.29, 1.82) is 0 Å². The summed E-state index contributed by atoms with van der Waals surface area (Å²) in [6.07, 6.45) is 3.68. The molecule has 0 radical (unpaired) electrons. The maximum absolute atomic E-state index is 11.5. The smallest absolute Gasteiger partial charge is 0.339 e. The summed E-state index contributed by atoms with van der Waals surface area (Å²) >= 11 is 0. The number of hydrogen-bond donors (Lipinski definition) is 2. The summed E-state index contributed by atoms with van der Waals surface area (Å²) in [7, 11) is 0. The molecule has 1 aromatic carbocycles. The number of carboxylic acids is 1. The van der Waals surface area contributed by atoms with E-state index < -0.39 is 5.97 Å². The third-order valence-corrected chi connectivity index (χ3v) is 4.51. The summed E-state index contributed by atoms with van der Waals surface area (Å²) in [5.74, 6) is 0.151. The first kappa shape index (κ1) is 18.1. The fourth-order valence-electron chi connectivity index (χ4n) is 3.20. The topological polar surface area (TPSA) is 95.8 Å². The Kier molecular flexibility index (Phi) is 5.68. The molecule has 3 rings (SSSR count). The standard InChI is InChI=1S/C19H23N3O4/c1-2-26-17-6-5-14(10-15(17)18(24)25)16-7-8-20-19(21-16)22-9-3-4-13(11-22)12-23/h5-8,10,13,23H,2-4,9,11-12H2,1H3,(H,24,25)/t13-/m1/s1. The highest BCUT2D eigenvalue weighted by Crippen LogP contribution is 2.27. The molecule has 1 aliphatic rings. The van der Waals surface area contributed by atoms with Crippen LogP contribution in [-0.4, -0.2) is 52.5 Å². The Morgan fingerprint density at radius 3 is 2.96 bits per heavy atom. The highest BCUT2D eigenvalue weighted by Gasteiger charge is 2.21. The van der Waals surface area contributed by atoms with E-state index in [4.69, 9.17) is 4.74 Å². The fraction of sp³-hybridized carbons (Fsp3) is 0.421. The average molecular weight is 357 g/mol. The van der Waals surface area contributed by atoms with Gasteiger partial charge in [0.2, 0.25) is 5.95 Å². The number of aliphatic hydroxyl groups is 1. The highest BCUT2D eigenvalue weighted by atomic mass is 16.5. The zero-order valence-electron chi connectivity index (χ0n) is 14.8. The lowest BCUT2D eigenvalue weighted by Crippen LogP contribution is -2.37. The number of piperidine rings is 1. The van der Waals surface area contributed by atoms with E-state index in [0.29, 0.717) is 29.6 Å². The Hall–Kier alpha value is -2.67. The molecule has 2 heterocycles. The van der Waals surface area contributed by atoms with Gasteiger partial charge in [-0.05, 0) is 49.9 Å². The van der Waals surface area contributed by atoms with Gasteiger partial charge >= 0.3 is 5.97 Å². The molecule has 1 atom stereocenters. The molecule has 138 valence electrons. The average Bonchev–Trinajstić information content (AvgIpc) is 2.68. The number of carbonyl (C=O) groups is 1. The van der Waals surface area contributed by atoms with Crippen LogP contribution >= 0.6 is 0 Å². The van der Waals surface area contributed by atoms with Crippen LogP contribution in [0.4, 0.5) is 5.95 Å². The lowest BCUT2D eigenvalue weighted by Gasteiger charge is -2.31. The number of rotatable bonds is 6. The molecule has 2 N–H and O–H groups in total. The van der Waals surface area contributed by atoms with E-state index in [-0.39, 0.29) is 18.1 Å². The third-order valence-electron chi connectivity index (χ3n) is 4.51. The Balaban J connectivity index is 1.90. The quantitative estimate of drug-likeness (QED) is 0.820. The van der Waals surface area contributed by atoms with Crippen molar-refractivity contribution in [3.05, 3.63) is 36.0 Å². The van der Waals surface area contributed by atoms with E-state index in [0.717, 1.165) is 25.9 Å². The van der Waals surface area contributed by atoms with Gasteiger partial charge in [-0.2, -0.15) is 0 Å². The van der Waals surface area contributed by atoms with Crippen LogP contribution in [0.2, 0.25) is 0 Å². The summed E-state index contributed by atoms with van der Waals surface area (Å²) in [6, 6.07) is 6.80. The number of aromatic carboxylic acids is 1. The van der Waals surface area contributed by atoms with E-state index >= 15 is 0 Å². The Morgan fingerprint density at radius 2 is 2.23 bits per heavy atom. The number of anilines is 1. The Bertz CT molecular complexity index is 781. The summed E-state index contributed by atoms with van der Waals surface area (Å²) in [4.78, 5) is 22.6. The van der Waals surface area contributed by atoms with Gasteiger partial charge < -0.3 is 19.8 Å². The fourth-order valence-corrected chi connectivity index (χ4v) is 3.20. The first-order chi connectivity index (χ1) is 12.6. The number of nitrogens with zero attached hydrogens (tertiary/aromatic N) is 3. The third kappa shape index (κ3) is 3.94. The predicted molar refractivity (Wildman–Crippen MR) is 97.6 cm³/mol. The SMILES string of the molecule is CCOc1ccc(-c2ccnc(N3CCC[C@@H](CO)C3)n2)cc1C(=O)O. The second-order valence-electron chi connectivity index (χ2n) is 6.33. The van der Waals surface area contributed by atoms with Crippen LogP contribution in [-0.2, 0) is 0 Å². The molecule has 2 aromatic rings. The van der Waals surface area contributed by atoms with Gasteiger partial charge in [-0.1, -0.05) is 0 Å². The zero-order chi connectivity index (χ0) is 18.5. The summed E-state index contributed by atoms with van der Waals surface area (Å²) in [6.45, 7) is 3.96. The molecular weight excluding hydrogens is 334 g/mol. The molecule has 1 fully saturated rings. The molecule has 0 bridgehead atoms. The molecular formula is C19H23N3O4. The van der Waals surface area contributed by atoms with Crippen molar-refractivity contribution in [3.63, 3.8) is 0 Å². The lowest BCUT2D eigenvalue weighted by molar-refractivity contribution is 0.0692. The van der Waals surface area contributed by atoms with Crippen molar-refractivity contribution in [3.8, 4) is 17.0 Å². The van der Waals surface area contributed by atoms with Crippen molar-refractivity contribution in [2.24, 2.45) is 5.92 Å². The number of aliphatic hydroxyl groups excluding tert-OH is 1. The van der Waals surface area contributed by atoms with Crippen LogP contribution in [0.5, 0.6) is 5.75 Å². The summed E-state index contributed by atoms with van der Waals surface area (Å²) in [5.41, 5.74) is 1.47. The molecule has 0 aliphatic carbocycles. The largest absolute Gasteiger partial charge is 0.493 e. The van der Waals surface area contributed by atoms with Crippen LogP contribution in [0, 0.1) is 5.92 Å². The number of aromatic nitrogens is 2. The lowest BCUT2D eigenvalue weighted by atomic mass is 9.99. The second-order valence-corrected chi connectivity index (χ2v) is 6.33. The van der Waals surface area contributed by atoms with Gasteiger partial charge in [0.1, 0.15) is 11.3 Å². The molecule has 0 spiro atoms. The molecule has 0 amide bonds. The van der Waals surface area contributed by atoms with Crippen molar-refractivity contribution in [1.82, 2.24) is 9.97 Å². The van der Waals surface area contributed by atoms with Gasteiger partial charge in [0, 0.05) is 31.5 Å². The van der Waals surface area contributed by atoms with Gasteiger partial charge in [0.05, 0.1) is 12.3 Å². The minimum absolute atomic E-state index is 0.114. The van der Waals surface area contributed by atoms with Gasteiger partial charge in [-0.15, -0.1) is 0 Å². The summed E-state index contributed by atoms with van der Waals surface area (Å²) in [5, 5.41) is 18.8. The first-order valence-corrected chi connectivity index (χ1v) is 8.81. The van der Waals surface area contributed by atoms with Crippen LogP contribution < -0.4 is 9.64 Å². The Morgan fingerprint density at radius 1 is 1.38 bits per heavy atom. The molecule has 26 heavy (non-hydrogen) atoms. The monoisotopic (exact) mass is 357 g/mol. The van der Waals surface area contributed by atoms with E-state index in [1.54, 1.807) is 30.5 Å². The Labute approximate surface area is 152 Å². The van der Waals surface area contributed by atoms with Gasteiger partial charge in [-0.25, -0.2) is 14.8 Å². The van der Waals surface area contributed by atoms with Gasteiger partial charge in [-0.3, -0.25) is 0 Å². The van der Waals surface area contributed by atoms with Crippen molar-refractivity contribution in [2.75, 3.05) is 31.2 Å². The number of carboxylic acid groups (broad SMARTS) is 1. The molecule has 1 saturated heterocycles. The minimum atomic E-state index is -1.04. The van der Waals surface area contributed by atoms with E-state index in [2.05, 4.69) is 14.9 Å². The maximum Gasteiger partial charge on any atom is 0.339 e. The van der Waals surface area contributed by atoms with E-state index in [9.17, 15) is 15.0 Å². The molecule has 7 nitrogen and oxygen atoms in total. The van der Waals surface area contributed by atoms with Crippen LogP contribution in [0.15, 0.2) is 30.5 Å². The molecule has 0 saturated carbocycles. The molecule has 1 aromatic heterocycles. The van der Waals surface area contributed by atoms with E-state index in [1.807, 2.05) is 6.92 Å². The van der Waals surface area contributed by atoms with Crippen LogP contribution in [0.1, 0.15) is 30.1 Å². The number of ether oxygens (including phenoxy) is 1. The first-order valence-electron chi connectivity index (χ1n) is 8.81. The van der Waals surface area contributed by atoms with Crippen LogP contribution in [0.3, 0.4) is 0 Å². The van der Waals surface area contributed by atoms with Crippen molar-refractivity contribution < 1.29 is 19.7 Å². The number of hydrogen-bond acceptors (Lipinski definition) is 6. The van der Waals surface area contributed by atoms with Crippen molar-refractivity contribution >= 4 is 11.9 Å². The molecule has 1 aliphatic heterocycles.